The topological polar surface area (TPSA) is 18.8 Å². The van der Waals surface area contributed by atoms with Gasteiger partial charge in [-0.05, 0) is 54.1 Å². The molecule has 0 radical (unpaired) electrons. The summed E-state index contributed by atoms with van der Waals surface area (Å²) in [6.07, 6.45) is 4.25. The zero-order valence-electron chi connectivity index (χ0n) is 19.0. The minimum atomic E-state index is 1.04. The van der Waals surface area contributed by atoms with Gasteiger partial charge in [-0.2, -0.15) is 5.10 Å². The van der Waals surface area contributed by atoms with Gasteiger partial charge in [-0.15, -0.1) is 0 Å². The van der Waals surface area contributed by atoms with Gasteiger partial charge in [-0.25, -0.2) is 5.01 Å². The van der Waals surface area contributed by atoms with E-state index in [2.05, 4.69) is 97.6 Å². The van der Waals surface area contributed by atoms with Crippen LogP contribution in [0.15, 0.2) is 102 Å². The molecule has 0 heterocycles. The average Bonchev–Trinajstić information content (AvgIpc) is 2.85. The van der Waals surface area contributed by atoms with Gasteiger partial charge in [-0.1, -0.05) is 80.6 Å². The average molecular weight is 422 g/mol. The monoisotopic (exact) mass is 421 g/mol. The van der Waals surface area contributed by atoms with E-state index in [0.717, 1.165) is 42.9 Å². The zero-order chi connectivity index (χ0) is 22.2. The molecule has 4 aromatic carbocycles. The van der Waals surface area contributed by atoms with Crippen molar-refractivity contribution < 1.29 is 0 Å². The van der Waals surface area contributed by atoms with E-state index in [9.17, 15) is 0 Å². The summed E-state index contributed by atoms with van der Waals surface area (Å²) in [6, 6.07) is 33.9. The molecule has 0 N–H and O–H groups in total. The predicted octanol–water partition coefficient (Wildman–Crippen LogP) is 7.64. The van der Waals surface area contributed by atoms with Crippen LogP contribution in [0.4, 0.5) is 17.1 Å². The molecule has 0 fully saturated rings. The molecule has 0 saturated carbocycles. The molecule has 0 atom stereocenters. The summed E-state index contributed by atoms with van der Waals surface area (Å²) in [5.74, 6) is 0. The molecule has 3 heteroatoms. The molecule has 4 aromatic rings. The van der Waals surface area contributed by atoms with E-state index in [1.807, 2.05) is 29.4 Å². The van der Waals surface area contributed by atoms with Crippen molar-refractivity contribution in [2.45, 2.75) is 26.7 Å². The van der Waals surface area contributed by atoms with Gasteiger partial charge in [0.1, 0.15) is 0 Å². The molecule has 0 amide bonds. The highest BCUT2D eigenvalue weighted by atomic mass is 15.5. The smallest absolute Gasteiger partial charge is 0.0730 e. The van der Waals surface area contributed by atoms with Crippen LogP contribution in [0, 0.1) is 0 Å². The Morgan fingerprint density at radius 2 is 1.31 bits per heavy atom. The number of fused-ring (bicyclic) bond motifs is 1. The summed E-state index contributed by atoms with van der Waals surface area (Å²) < 4.78 is 0. The van der Waals surface area contributed by atoms with E-state index in [-0.39, 0.29) is 0 Å². The van der Waals surface area contributed by atoms with Crippen molar-refractivity contribution in [1.29, 1.82) is 0 Å². The SMILES string of the molecule is CCCN(CCC)c1ccc(/C=N/N(c2ccccc2)c2cccc3ccccc23)cc1. The Bertz CT molecular complexity index is 1140. The van der Waals surface area contributed by atoms with Crippen LogP contribution >= 0.6 is 0 Å². The summed E-state index contributed by atoms with van der Waals surface area (Å²) in [6.45, 7) is 6.64. The highest BCUT2D eigenvalue weighted by Gasteiger charge is 2.11. The normalized spacial score (nSPS) is 11.2. The van der Waals surface area contributed by atoms with Gasteiger partial charge in [0.25, 0.3) is 0 Å². The molecular weight excluding hydrogens is 390 g/mol. The molecule has 0 bridgehead atoms. The molecule has 32 heavy (non-hydrogen) atoms. The number of benzene rings is 4. The van der Waals surface area contributed by atoms with E-state index in [1.54, 1.807) is 0 Å². The number of para-hydroxylation sites is 1. The molecule has 0 saturated heterocycles. The van der Waals surface area contributed by atoms with Crippen molar-refractivity contribution in [3.8, 4) is 0 Å². The maximum absolute atomic E-state index is 4.93. The molecule has 0 aromatic heterocycles. The number of hydrogen-bond acceptors (Lipinski definition) is 3. The second-order valence-electron chi connectivity index (χ2n) is 7.97. The molecule has 162 valence electrons. The van der Waals surface area contributed by atoms with Gasteiger partial charge in [0.15, 0.2) is 0 Å². The second kappa shape index (κ2) is 10.6. The predicted molar refractivity (Wildman–Crippen MR) is 139 cm³/mol. The van der Waals surface area contributed by atoms with Crippen LogP contribution in [0.3, 0.4) is 0 Å². The van der Waals surface area contributed by atoms with Crippen LogP contribution in [0.1, 0.15) is 32.3 Å². The lowest BCUT2D eigenvalue weighted by Crippen LogP contribution is -2.24. The van der Waals surface area contributed by atoms with E-state index < -0.39 is 0 Å². The third-order valence-corrected chi connectivity index (χ3v) is 5.56. The number of rotatable bonds is 9. The molecule has 4 rings (SSSR count). The van der Waals surface area contributed by atoms with Crippen molar-refractivity contribution in [3.05, 3.63) is 103 Å². The molecule has 0 unspecified atom stereocenters. The highest BCUT2D eigenvalue weighted by molar-refractivity contribution is 5.96. The number of hydrogen-bond donors (Lipinski definition) is 0. The van der Waals surface area contributed by atoms with Crippen LogP contribution < -0.4 is 9.91 Å². The van der Waals surface area contributed by atoms with Gasteiger partial charge < -0.3 is 4.90 Å². The maximum Gasteiger partial charge on any atom is 0.0730 e. The summed E-state index contributed by atoms with van der Waals surface area (Å²) in [5, 5.41) is 9.34. The van der Waals surface area contributed by atoms with Crippen LogP contribution in [0.25, 0.3) is 10.8 Å². The van der Waals surface area contributed by atoms with Gasteiger partial charge in [0.05, 0.1) is 17.6 Å². The number of nitrogens with zero attached hydrogens (tertiary/aromatic N) is 3. The molecule has 0 aliphatic rings. The standard InChI is InChI=1S/C29H31N3/c1-3-21-31(22-4-2)26-19-17-24(18-20-26)23-30-32(27-13-6-5-7-14-27)29-16-10-12-25-11-8-9-15-28(25)29/h5-20,23H,3-4,21-22H2,1-2H3/b30-23+. The Morgan fingerprint density at radius 1 is 0.656 bits per heavy atom. The van der Waals surface area contributed by atoms with Crippen molar-refractivity contribution in [2.75, 3.05) is 23.0 Å². The van der Waals surface area contributed by atoms with Gasteiger partial charge in [0.2, 0.25) is 0 Å². The van der Waals surface area contributed by atoms with Crippen LogP contribution in [0.5, 0.6) is 0 Å². The summed E-state index contributed by atoms with van der Waals surface area (Å²) in [7, 11) is 0. The van der Waals surface area contributed by atoms with Crippen molar-refractivity contribution >= 4 is 34.0 Å². The molecule has 3 nitrogen and oxygen atoms in total. The molecule has 0 aliphatic heterocycles. The van der Waals surface area contributed by atoms with E-state index in [4.69, 9.17) is 5.10 Å². The first-order valence-electron chi connectivity index (χ1n) is 11.5. The molecular formula is C29H31N3. The first kappa shape index (κ1) is 21.6. The minimum absolute atomic E-state index is 1.04. The summed E-state index contributed by atoms with van der Waals surface area (Å²) in [4.78, 5) is 2.45. The van der Waals surface area contributed by atoms with E-state index in [1.165, 1.54) is 16.5 Å². The number of anilines is 3. The first-order valence-corrected chi connectivity index (χ1v) is 11.5. The lowest BCUT2D eigenvalue weighted by molar-refractivity contribution is 0.745. The fraction of sp³-hybridized carbons (Fsp3) is 0.207. The maximum atomic E-state index is 4.93. The Labute approximate surface area is 191 Å². The van der Waals surface area contributed by atoms with Crippen LogP contribution in [-0.4, -0.2) is 19.3 Å². The Kier molecular flexibility index (Phi) is 7.19. The quantitative estimate of drug-likeness (QED) is 0.204. The fourth-order valence-corrected chi connectivity index (χ4v) is 4.04. The summed E-state index contributed by atoms with van der Waals surface area (Å²) in [5.41, 5.74) is 4.47. The number of hydrazone groups is 1. The second-order valence-corrected chi connectivity index (χ2v) is 7.97. The van der Waals surface area contributed by atoms with Gasteiger partial charge in [-0.3, -0.25) is 0 Å². The molecule has 0 spiro atoms. The third-order valence-electron chi connectivity index (χ3n) is 5.56. The lowest BCUT2D eigenvalue weighted by Gasteiger charge is -2.24. The minimum Gasteiger partial charge on any atom is -0.372 e. The highest BCUT2D eigenvalue weighted by Crippen LogP contribution is 2.32. The fourth-order valence-electron chi connectivity index (χ4n) is 4.04. The van der Waals surface area contributed by atoms with Crippen LogP contribution in [-0.2, 0) is 0 Å². The lowest BCUT2D eigenvalue weighted by atomic mass is 10.1. The van der Waals surface area contributed by atoms with Gasteiger partial charge in [0, 0.05) is 24.2 Å². The zero-order valence-corrected chi connectivity index (χ0v) is 19.0. The van der Waals surface area contributed by atoms with Crippen molar-refractivity contribution in [3.63, 3.8) is 0 Å². The molecule has 0 aliphatic carbocycles. The van der Waals surface area contributed by atoms with E-state index >= 15 is 0 Å². The van der Waals surface area contributed by atoms with Gasteiger partial charge >= 0.3 is 0 Å². The third kappa shape index (κ3) is 5.00. The Hall–Kier alpha value is -3.59. The van der Waals surface area contributed by atoms with Crippen molar-refractivity contribution in [2.24, 2.45) is 5.10 Å². The van der Waals surface area contributed by atoms with E-state index in [0.29, 0.717) is 0 Å². The Morgan fingerprint density at radius 3 is 2.03 bits per heavy atom. The first-order chi connectivity index (χ1) is 15.8. The van der Waals surface area contributed by atoms with Crippen molar-refractivity contribution in [1.82, 2.24) is 0 Å². The largest absolute Gasteiger partial charge is 0.372 e. The Balaban J connectivity index is 1.66. The summed E-state index contributed by atoms with van der Waals surface area (Å²) >= 11 is 0. The van der Waals surface area contributed by atoms with Crippen LogP contribution in [0.2, 0.25) is 0 Å².